The molecule has 14 heteroatoms. The van der Waals surface area contributed by atoms with Crippen molar-refractivity contribution < 1.29 is 38.1 Å². The minimum Gasteiger partial charge on any atom is -0.465 e. The molecular weight excluding hydrogens is 487 g/mol. The van der Waals surface area contributed by atoms with E-state index in [2.05, 4.69) is 5.32 Å². The Hall–Kier alpha value is -1.43. The fourth-order valence-corrected chi connectivity index (χ4v) is 4.11. The molecule has 0 aliphatic carbocycles. The van der Waals surface area contributed by atoms with Crippen molar-refractivity contribution in [2.45, 2.75) is 60.4 Å². The Labute approximate surface area is 192 Å². The third-order valence-corrected chi connectivity index (χ3v) is 5.49. The molecule has 0 aromatic heterocycles. The van der Waals surface area contributed by atoms with E-state index in [1.165, 1.54) is 13.8 Å². The second-order valence-corrected chi connectivity index (χ2v) is 9.79. The Morgan fingerprint density at radius 3 is 1.90 bits per heavy atom. The number of nitrogens with one attached hydrogen (secondary N) is 2. The molecule has 5 atom stereocenters. The van der Waals surface area contributed by atoms with E-state index < -0.39 is 62.4 Å². The van der Waals surface area contributed by atoms with Crippen LogP contribution in [0.2, 0.25) is 0 Å². The lowest BCUT2D eigenvalue weighted by Gasteiger charge is -2.44. The SMILES string of the molecule is CC(=O)N[C@@H]1[C@@H](OC(C)=O)[C@H](OC(C)=O)[C@@H](COC(C)=O)S[C@@H]1OC(=N)C(Cl)(Cl)Cl. The zero-order valence-corrected chi connectivity index (χ0v) is 19.5. The number of carbonyl (C=O) groups excluding carboxylic acids is 4. The Kier molecular flexibility index (Phi) is 9.99. The quantitative estimate of drug-likeness (QED) is 0.181. The molecule has 0 aromatic carbocycles. The summed E-state index contributed by atoms with van der Waals surface area (Å²) in [4.78, 5) is 46.4. The fourth-order valence-electron chi connectivity index (χ4n) is 2.57. The standard InChI is InChI=1S/C16H21Cl3N2O8S/c1-6(22)21-11-13(28-9(4)25)12(27-8(3)24)10(5-26-7(2)23)30-14(11)29-15(20)16(17,18)19/h10-14,20H,5H2,1-4H3,(H,21,22)/t10-,11-,12-,13-,14+/m1/s1. The third kappa shape index (κ3) is 8.37. The molecule has 30 heavy (non-hydrogen) atoms. The normalized spacial score (nSPS) is 26.2. The van der Waals surface area contributed by atoms with Crippen molar-refractivity contribution >= 4 is 76.3 Å². The zero-order chi connectivity index (χ0) is 23.2. The lowest BCUT2D eigenvalue weighted by molar-refractivity contribution is -0.172. The highest BCUT2D eigenvalue weighted by Gasteiger charge is 2.52. The Morgan fingerprint density at radius 2 is 1.47 bits per heavy atom. The van der Waals surface area contributed by atoms with Crippen LogP contribution in [0.25, 0.3) is 0 Å². The second-order valence-electron chi connectivity index (χ2n) is 6.16. The Morgan fingerprint density at radius 1 is 0.933 bits per heavy atom. The van der Waals surface area contributed by atoms with Gasteiger partial charge in [-0.2, -0.15) is 0 Å². The van der Waals surface area contributed by atoms with Gasteiger partial charge in [-0.1, -0.05) is 34.8 Å². The molecule has 2 N–H and O–H groups in total. The van der Waals surface area contributed by atoms with Crippen LogP contribution in [0, 0.1) is 5.41 Å². The molecule has 1 aliphatic rings. The van der Waals surface area contributed by atoms with Gasteiger partial charge in [-0.15, -0.1) is 11.8 Å². The maximum Gasteiger partial charge on any atom is 0.303 e. The molecule has 0 saturated carbocycles. The van der Waals surface area contributed by atoms with Gasteiger partial charge in [-0.05, 0) is 0 Å². The third-order valence-electron chi connectivity index (χ3n) is 3.56. The van der Waals surface area contributed by atoms with Gasteiger partial charge in [0.25, 0.3) is 3.79 Å². The lowest BCUT2D eigenvalue weighted by atomic mass is 10.0. The maximum atomic E-state index is 11.8. The summed E-state index contributed by atoms with van der Waals surface area (Å²) < 4.78 is 18.9. The first-order valence-corrected chi connectivity index (χ1v) is 10.5. The highest BCUT2D eigenvalue weighted by molar-refractivity contribution is 8.00. The summed E-state index contributed by atoms with van der Waals surface area (Å²) in [5, 5.41) is 9.59. The van der Waals surface area contributed by atoms with E-state index in [-0.39, 0.29) is 6.61 Å². The van der Waals surface area contributed by atoms with Gasteiger partial charge in [0.05, 0.1) is 5.25 Å². The number of esters is 3. The molecule has 170 valence electrons. The molecule has 0 spiro atoms. The van der Waals surface area contributed by atoms with Gasteiger partial charge in [0.15, 0.2) is 17.6 Å². The molecule has 1 saturated heterocycles. The summed E-state index contributed by atoms with van der Waals surface area (Å²) in [6, 6.07) is -1.10. The maximum absolute atomic E-state index is 11.8. The van der Waals surface area contributed by atoms with E-state index in [0.717, 1.165) is 25.6 Å². The molecule has 0 aromatic rings. The highest BCUT2D eigenvalue weighted by atomic mass is 35.6. The number of hydrogen-bond donors (Lipinski definition) is 2. The van der Waals surface area contributed by atoms with Crippen molar-refractivity contribution in [1.82, 2.24) is 5.32 Å². The molecule has 1 aliphatic heterocycles. The molecule has 0 bridgehead atoms. The predicted molar refractivity (Wildman–Crippen MR) is 110 cm³/mol. The fraction of sp³-hybridized carbons (Fsp3) is 0.688. The van der Waals surface area contributed by atoms with E-state index in [1.54, 1.807) is 0 Å². The number of hydrogen-bond acceptors (Lipinski definition) is 10. The Bertz CT molecular complexity index is 702. The highest BCUT2D eigenvalue weighted by Crippen LogP contribution is 2.39. The molecule has 1 rings (SSSR count). The first kappa shape index (κ1) is 26.6. The van der Waals surface area contributed by atoms with Crippen LogP contribution in [0.1, 0.15) is 27.7 Å². The first-order chi connectivity index (χ1) is 13.7. The van der Waals surface area contributed by atoms with Crippen LogP contribution in [0.5, 0.6) is 0 Å². The van der Waals surface area contributed by atoms with Crippen molar-refractivity contribution in [2.75, 3.05) is 6.61 Å². The van der Waals surface area contributed by atoms with Gasteiger partial charge in [0.2, 0.25) is 11.8 Å². The number of thioether (sulfide) groups is 1. The number of alkyl halides is 3. The van der Waals surface area contributed by atoms with Crippen LogP contribution in [0.3, 0.4) is 0 Å². The van der Waals surface area contributed by atoms with Gasteiger partial charge < -0.3 is 24.3 Å². The van der Waals surface area contributed by atoms with Crippen molar-refractivity contribution in [2.24, 2.45) is 0 Å². The summed E-state index contributed by atoms with van der Waals surface area (Å²) in [5.41, 5.74) is -1.12. The van der Waals surface area contributed by atoms with Crippen molar-refractivity contribution in [3.63, 3.8) is 0 Å². The number of halogens is 3. The average Bonchev–Trinajstić information content (AvgIpc) is 2.56. The summed E-state index contributed by atoms with van der Waals surface area (Å²) in [7, 11) is 0. The number of carbonyl (C=O) groups is 4. The van der Waals surface area contributed by atoms with Crippen molar-refractivity contribution in [3.8, 4) is 0 Å². The minimum atomic E-state index is -2.20. The van der Waals surface area contributed by atoms with Crippen LogP contribution in [-0.2, 0) is 38.1 Å². The van der Waals surface area contributed by atoms with Crippen LogP contribution < -0.4 is 5.32 Å². The van der Waals surface area contributed by atoms with Gasteiger partial charge in [0, 0.05) is 27.7 Å². The van der Waals surface area contributed by atoms with Gasteiger partial charge in [-0.25, -0.2) is 0 Å². The van der Waals surface area contributed by atoms with Crippen LogP contribution in [-0.4, -0.2) is 69.0 Å². The number of rotatable bonds is 6. The van der Waals surface area contributed by atoms with E-state index in [9.17, 15) is 19.2 Å². The van der Waals surface area contributed by atoms with Gasteiger partial charge in [0.1, 0.15) is 12.6 Å². The molecule has 10 nitrogen and oxygen atoms in total. The van der Waals surface area contributed by atoms with Crippen LogP contribution in [0.4, 0.5) is 0 Å². The summed E-state index contributed by atoms with van der Waals surface area (Å²) in [6.07, 6.45) is -2.36. The van der Waals surface area contributed by atoms with E-state index in [1.807, 2.05) is 0 Å². The minimum absolute atomic E-state index is 0.247. The van der Waals surface area contributed by atoms with Crippen molar-refractivity contribution in [1.29, 1.82) is 5.41 Å². The average molecular weight is 508 g/mol. The van der Waals surface area contributed by atoms with E-state index in [4.69, 9.17) is 59.2 Å². The summed E-state index contributed by atoms with van der Waals surface area (Å²) in [6.45, 7) is 4.41. The molecule has 0 radical (unpaired) electrons. The van der Waals surface area contributed by atoms with E-state index in [0.29, 0.717) is 0 Å². The van der Waals surface area contributed by atoms with Crippen LogP contribution in [0.15, 0.2) is 0 Å². The van der Waals surface area contributed by atoms with Gasteiger partial charge in [-0.3, -0.25) is 24.6 Å². The largest absolute Gasteiger partial charge is 0.465 e. The molecular formula is C16H21Cl3N2O8S. The van der Waals surface area contributed by atoms with Crippen molar-refractivity contribution in [3.05, 3.63) is 0 Å². The summed E-state index contributed by atoms with van der Waals surface area (Å²) >= 11 is 18.0. The second kappa shape index (κ2) is 11.3. The smallest absolute Gasteiger partial charge is 0.303 e. The Balaban J connectivity index is 3.37. The predicted octanol–water partition coefficient (Wildman–Crippen LogP) is 1.72. The lowest BCUT2D eigenvalue weighted by Crippen LogP contribution is -2.63. The first-order valence-electron chi connectivity index (χ1n) is 8.45. The van der Waals surface area contributed by atoms with Crippen LogP contribution >= 0.6 is 46.6 Å². The molecule has 1 fully saturated rings. The summed E-state index contributed by atoms with van der Waals surface area (Å²) in [5.74, 6) is -3.30. The topological polar surface area (TPSA) is 141 Å². The number of ether oxygens (including phenoxy) is 4. The molecule has 1 amide bonds. The van der Waals surface area contributed by atoms with E-state index >= 15 is 0 Å². The monoisotopic (exact) mass is 506 g/mol. The van der Waals surface area contributed by atoms with Gasteiger partial charge >= 0.3 is 17.9 Å². The molecule has 0 unspecified atom stereocenters. The zero-order valence-electron chi connectivity index (χ0n) is 16.4. The molecule has 1 heterocycles. The number of amides is 1.